The minimum atomic E-state index is 0.0698. The van der Waals surface area contributed by atoms with Gasteiger partial charge in [-0.15, -0.1) is 0 Å². The van der Waals surface area contributed by atoms with Gasteiger partial charge < -0.3 is 14.7 Å². The van der Waals surface area contributed by atoms with Crippen LogP contribution in [0.5, 0.6) is 0 Å². The third-order valence-corrected chi connectivity index (χ3v) is 4.20. The number of anilines is 1. The number of carbonyl (C=O) groups excluding carboxylic acids is 1. The third-order valence-electron chi connectivity index (χ3n) is 4.20. The SMILES string of the molecule is O=C1CC(CO)CN1c1cccc(CN2CCOCC2)c1. The lowest BCUT2D eigenvalue weighted by molar-refractivity contribution is -0.117. The molecule has 1 amide bonds. The van der Waals surface area contributed by atoms with Crippen LogP contribution in [0, 0.1) is 5.92 Å². The van der Waals surface area contributed by atoms with Crippen LogP contribution in [0.2, 0.25) is 0 Å². The Kier molecular flexibility index (Phi) is 4.53. The fourth-order valence-electron chi connectivity index (χ4n) is 2.99. The van der Waals surface area contributed by atoms with Gasteiger partial charge in [0, 0.05) is 50.8 Å². The highest BCUT2D eigenvalue weighted by Gasteiger charge is 2.30. The van der Waals surface area contributed by atoms with Gasteiger partial charge in [0.15, 0.2) is 0 Å². The summed E-state index contributed by atoms with van der Waals surface area (Å²) in [5, 5.41) is 9.22. The standard InChI is InChI=1S/C16H22N2O3/c19-12-14-9-16(20)18(11-14)15-3-1-2-13(8-15)10-17-4-6-21-7-5-17/h1-3,8,14,19H,4-7,9-12H2. The summed E-state index contributed by atoms with van der Waals surface area (Å²) in [6, 6.07) is 8.17. The van der Waals surface area contributed by atoms with Crippen LogP contribution in [0.3, 0.4) is 0 Å². The van der Waals surface area contributed by atoms with Gasteiger partial charge >= 0.3 is 0 Å². The number of carbonyl (C=O) groups is 1. The van der Waals surface area contributed by atoms with Gasteiger partial charge in [0.1, 0.15) is 0 Å². The average Bonchev–Trinajstić information content (AvgIpc) is 2.90. The highest BCUT2D eigenvalue weighted by atomic mass is 16.5. The molecule has 2 aliphatic heterocycles. The first-order chi connectivity index (χ1) is 10.3. The van der Waals surface area contributed by atoms with Crippen molar-refractivity contribution in [1.82, 2.24) is 4.90 Å². The molecule has 2 heterocycles. The van der Waals surface area contributed by atoms with Crippen LogP contribution >= 0.6 is 0 Å². The summed E-state index contributed by atoms with van der Waals surface area (Å²) in [4.78, 5) is 16.2. The van der Waals surface area contributed by atoms with Gasteiger partial charge in [-0.2, -0.15) is 0 Å². The van der Waals surface area contributed by atoms with E-state index in [9.17, 15) is 9.90 Å². The molecule has 1 N–H and O–H groups in total. The molecule has 1 aromatic carbocycles. The van der Waals surface area contributed by atoms with Crippen molar-refractivity contribution in [2.45, 2.75) is 13.0 Å². The second-order valence-electron chi connectivity index (χ2n) is 5.82. The topological polar surface area (TPSA) is 53.0 Å². The Bertz CT molecular complexity index is 500. The fraction of sp³-hybridized carbons (Fsp3) is 0.562. The molecular weight excluding hydrogens is 268 g/mol. The highest BCUT2D eigenvalue weighted by molar-refractivity contribution is 5.95. The van der Waals surface area contributed by atoms with E-state index in [1.54, 1.807) is 4.90 Å². The Labute approximate surface area is 125 Å². The summed E-state index contributed by atoms with van der Waals surface area (Å²) in [5.74, 6) is 0.179. The summed E-state index contributed by atoms with van der Waals surface area (Å²) >= 11 is 0. The first-order valence-corrected chi connectivity index (χ1v) is 7.56. The predicted molar refractivity (Wildman–Crippen MR) is 80.1 cm³/mol. The van der Waals surface area contributed by atoms with Crippen molar-refractivity contribution in [3.8, 4) is 0 Å². The van der Waals surface area contributed by atoms with Crippen LogP contribution in [0.25, 0.3) is 0 Å². The quantitative estimate of drug-likeness (QED) is 0.894. The van der Waals surface area contributed by atoms with Crippen LogP contribution in [0.1, 0.15) is 12.0 Å². The number of aliphatic hydroxyl groups is 1. The molecule has 21 heavy (non-hydrogen) atoms. The summed E-state index contributed by atoms with van der Waals surface area (Å²) in [5.41, 5.74) is 2.16. The number of ether oxygens (including phenoxy) is 1. The molecule has 1 unspecified atom stereocenters. The van der Waals surface area contributed by atoms with Gasteiger partial charge in [-0.3, -0.25) is 9.69 Å². The molecule has 2 fully saturated rings. The van der Waals surface area contributed by atoms with Crippen molar-refractivity contribution in [2.24, 2.45) is 5.92 Å². The van der Waals surface area contributed by atoms with E-state index < -0.39 is 0 Å². The Morgan fingerprint density at radius 3 is 2.81 bits per heavy atom. The van der Waals surface area contributed by atoms with Crippen molar-refractivity contribution < 1.29 is 14.6 Å². The summed E-state index contributed by atoms with van der Waals surface area (Å²) in [6.07, 6.45) is 0.449. The minimum Gasteiger partial charge on any atom is -0.396 e. The molecule has 0 radical (unpaired) electrons. The van der Waals surface area contributed by atoms with Crippen molar-refractivity contribution >= 4 is 11.6 Å². The molecule has 114 valence electrons. The highest BCUT2D eigenvalue weighted by Crippen LogP contribution is 2.26. The van der Waals surface area contributed by atoms with E-state index in [1.807, 2.05) is 12.1 Å². The zero-order valence-electron chi connectivity index (χ0n) is 12.2. The molecule has 0 aromatic heterocycles. The fourth-order valence-corrected chi connectivity index (χ4v) is 2.99. The average molecular weight is 290 g/mol. The molecular formula is C16H22N2O3. The number of benzene rings is 1. The van der Waals surface area contributed by atoms with Crippen LogP contribution in [-0.4, -0.2) is 55.4 Å². The molecule has 1 aromatic rings. The zero-order chi connectivity index (χ0) is 14.7. The maximum absolute atomic E-state index is 12.0. The van der Waals surface area contributed by atoms with Crippen molar-refractivity contribution in [1.29, 1.82) is 0 Å². The van der Waals surface area contributed by atoms with Gasteiger partial charge in [-0.05, 0) is 17.7 Å². The predicted octanol–water partition coefficient (Wildman–Crippen LogP) is 0.864. The van der Waals surface area contributed by atoms with Crippen LogP contribution < -0.4 is 4.90 Å². The lowest BCUT2D eigenvalue weighted by Crippen LogP contribution is -2.35. The maximum atomic E-state index is 12.0. The zero-order valence-corrected chi connectivity index (χ0v) is 12.2. The summed E-state index contributed by atoms with van der Waals surface area (Å²) in [7, 11) is 0. The van der Waals surface area contributed by atoms with Gasteiger partial charge in [0.2, 0.25) is 5.91 Å². The van der Waals surface area contributed by atoms with Crippen molar-refractivity contribution in [3.63, 3.8) is 0 Å². The lowest BCUT2D eigenvalue weighted by atomic mass is 10.1. The van der Waals surface area contributed by atoms with Gasteiger partial charge in [-0.1, -0.05) is 12.1 Å². The van der Waals surface area contributed by atoms with E-state index in [0.29, 0.717) is 13.0 Å². The Balaban J connectivity index is 1.69. The van der Waals surface area contributed by atoms with Crippen LogP contribution in [0.4, 0.5) is 5.69 Å². The molecule has 0 aliphatic carbocycles. The third kappa shape index (κ3) is 3.43. The normalized spacial score (nSPS) is 23.8. The Morgan fingerprint density at radius 2 is 2.10 bits per heavy atom. The number of aliphatic hydroxyl groups excluding tert-OH is 1. The van der Waals surface area contributed by atoms with E-state index in [1.165, 1.54) is 5.56 Å². The second kappa shape index (κ2) is 6.56. The van der Waals surface area contributed by atoms with Crippen LogP contribution in [0.15, 0.2) is 24.3 Å². The number of hydrogen-bond donors (Lipinski definition) is 1. The number of amides is 1. The molecule has 0 saturated carbocycles. The maximum Gasteiger partial charge on any atom is 0.227 e. The number of nitrogens with zero attached hydrogens (tertiary/aromatic N) is 2. The van der Waals surface area contributed by atoms with Gasteiger partial charge in [0.25, 0.3) is 0 Å². The first kappa shape index (κ1) is 14.5. The first-order valence-electron chi connectivity index (χ1n) is 7.56. The lowest BCUT2D eigenvalue weighted by Gasteiger charge is -2.27. The number of rotatable bonds is 4. The minimum absolute atomic E-state index is 0.0698. The molecule has 1 atom stereocenters. The molecule has 2 saturated heterocycles. The number of hydrogen-bond acceptors (Lipinski definition) is 4. The molecule has 3 rings (SSSR count). The van der Waals surface area contributed by atoms with Crippen molar-refractivity contribution in [2.75, 3.05) is 44.4 Å². The summed E-state index contributed by atoms with van der Waals surface area (Å²) < 4.78 is 5.36. The van der Waals surface area contributed by atoms with Crippen LogP contribution in [-0.2, 0) is 16.1 Å². The molecule has 0 bridgehead atoms. The molecule has 0 spiro atoms. The van der Waals surface area contributed by atoms with Gasteiger partial charge in [-0.25, -0.2) is 0 Å². The largest absolute Gasteiger partial charge is 0.396 e. The van der Waals surface area contributed by atoms with Crippen molar-refractivity contribution in [3.05, 3.63) is 29.8 Å². The van der Waals surface area contributed by atoms with E-state index in [-0.39, 0.29) is 18.4 Å². The van der Waals surface area contributed by atoms with E-state index >= 15 is 0 Å². The number of morpholine rings is 1. The summed E-state index contributed by atoms with van der Waals surface area (Å²) in [6.45, 7) is 5.10. The Morgan fingerprint density at radius 1 is 1.29 bits per heavy atom. The smallest absolute Gasteiger partial charge is 0.227 e. The van der Waals surface area contributed by atoms with Gasteiger partial charge in [0.05, 0.1) is 13.2 Å². The molecule has 2 aliphatic rings. The van der Waals surface area contributed by atoms with E-state index in [0.717, 1.165) is 38.5 Å². The second-order valence-corrected chi connectivity index (χ2v) is 5.82. The molecule has 5 nitrogen and oxygen atoms in total. The molecule has 5 heteroatoms. The van der Waals surface area contributed by atoms with E-state index in [4.69, 9.17) is 4.74 Å². The monoisotopic (exact) mass is 290 g/mol. The Hall–Kier alpha value is -1.43. The van der Waals surface area contributed by atoms with E-state index in [2.05, 4.69) is 17.0 Å².